The number of ether oxygens (including phenoxy) is 2. The second-order valence-corrected chi connectivity index (χ2v) is 31.4. The topological polar surface area (TPSA) is 208 Å². The van der Waals surface area contributed by atoms with Crippen molar-refractivity contribution in [3.63, 3.8) is 0 Å². The smallest absolute Gasteiger partial charge is 0.431 e. The minimum atomic E-state index is -4.83. The Bertz CT molecular complexity index is 3900. The SMILES string of the molecule is CC(C)n1nc(-c2cnc(N)c(C(F)(F)F)c2)cc1C1[C@H]2CC(N3C[C@@H]4C[C@H]3CN4C)C[C@@H]12.CC(C)n1nc(-c2cnc(N)c(OC(F)(F)F)c2)cc1C1[C@H]2CC(N3C[C@@H]4C[C@H]3CN4C)C[C@@H]12.CC(C)n1nc(-c2cnc(N)c(OC(F)F)c2)cc1C1[C@H]2CC(N3CCN(C)CC3)C[C@@H]12. The summed E-state index contributed by atoms with van der Waals surface area (Å²) in [5.41, 5.74) is 22.8. The van der Waals surface area contributed by atoms with Crippen molar-refractivity contribution >= 4 is 17.5 Å². The van der Waals surface area contributed by atoms with Gasteiger partial charge in [-0.05, 0) is 186 Å². The van der Waals surface area contributed by atoms with Crippen LogP contribution in [-0.4, -0.2) is 202 Å². The highest BCUT2D eigenvalue weighted by Gasteiger charge is 2.63. The van der Waals surface area contributed by atoms with Gasteiger partial charge in [0.1, 0.15) is 5.82 Å². The quantitative estimate of drug-likeness (QED) is 0.0817. The molecule has 0 amide bonds. The first-order chi connectivity index (χ1) is 47.0. The van der Waals surface area contributed by atoms with Crippen molar-refractivity contribution in [3.8, 4) is 45.3 Å². The lowest BCUT2D eigenvalue weighted by molar-refractivity contribution is -0.274. The lowest BCUT2D eigenvalue weighted by Gasteiger charge is -2.37. The number of nitrogens with two attached hydrogens (primary N) is 3. The minimum absolute atomic E-state index is 0.0516. The molecule has 20 nitrogen and oxygen atoms in total. The molecule has 0 radical (unpaired) electrons. The molecule has 16 atom stereocenters. The van der Waals surface area contributed by atoms with Gasteiger partial charge in [-0.2, -0.15) is 37.2 Å². The molecule has 6 unspecified atom stereocenters. The number of alkyl halides is 8. The predicted octanol–water partition coefficient (Wildman–Crippen LogP) is 11.3. The average Bonchev–Trinajstić information content (AvgIpc) is 1.56. The van der Waals surface area contributed by atoms with Gasteiger partial charge in [0.2, 0.25) is 0 Å². The Morgan fingerprint density at radius 3 is 1.17 bits per heavy atom. The van der Waals surface area contributed by atoms with E-state index in [9.17, 15) is 35.1 Å². The van der Waals surface area contributed by atoms with Crippen LogP contribution in [0.1, 0.15) is 151 Å². The molecule has 0 aromatic carbocycles. The summed E-state index contributed by atoms with van der Waals surface area (Å²) in [6.45, 7) is 19.1. The highest BCUT2D eigenvalue weighted by molar-refractivity contribution is 5.67. The second kappa shape index (κ2) is 25.7. The standard InChI is InChI=1S/C24H31F3N6O.C24H31F3N6.C23H32F2N6O/c1-12(2)33-20(8-19(30-33)13-4-21(23(28)29-9-13)34-24(25,26)27)22-17-6-14(7-18(17)22)32-11-15-5-16(32)10-31(15)3;1-12(2)33-21(8-20(30-33)13-4-19(24(25,26)27)23(28)29-9-13)22-17-6-14(7-18(17)22)32-11-15-5-16(32)10-31(15)3;1-13(2)31-19(11-18(28-31)14-8-20(32-23(24)25)22(26)27-12-14)21-16-9-15(10-17(16)21)30-6-4-29(3)5-7-30/h4,8-9,12,14-18,22H,5-7,10-11H2,1-3H3,(H2,28,29);4,8-9,12,14-18,22H,5-7,10-11H2,1-3H3,(H2,28,29);8,11-13,15-17,21,23H,4-7,9-10H2,1-3H3,(H2,26,27)/t2*14?,15-,16-,17-,18+,22?;15?,16-,17+,21?/m00./s1. The van der Waals surface area contributed by atoms with Crippen molar-refractivity contribution in [2.75, 3.05) is 90.7 Å². The number of aromatic nitrogens is 9. The van der Waals surface area contributed by atoms with E-state index in [1.165, 1.54) is 127 Å². The highest BCUT2D eigenvalue weighted by Crippen LogP contribution is 2.67. The fraction of sp³-hybridized carbons (Fsp3) is 0.662. The third-order valence-corrected chi connectivity index (χ3v) is 24.5. The highest BCUT2D eigenvalue weighted by atomic mass is 19.4. The number of halogens is 8. The first-order valence-electron chi connectivity index (χ1n) is 35.7. The van der Waals surface area contributed by atoms with Crippen molar-refractivity contribution in [2.24, 2.45) is 35.5 Å². The number of nitrogen functional groups attached to an aromatic ring is 3. The van der Waals surface area contributed by atoms with Gasteiger partial charge in [0.05, 0.1) is 22.6 Å². The Morgan fingerprint density at radius 2 is 0.818 bits per heavy atom. The van der Waals surface area contributed by atoms with Crippen LogP contribution in [0.3, 0.4) is 0 Å². The van der Waals surface area contributed by atoms with Crippen molar-refractivity contribution < 1.29 is 44.6 Å². The summed E-state index contributed by atoms with van der Waals surface area (Å²) >= 11 is 0. The van der Waals surface area contributed by atoms with Gasteiger partial charge in [-0.25, -0.2) is 15.0 Å². The van der Waals surface area contributed by atoms with Crippen LogP contribution in [0, 0.1) is 35.5 Å². The first kappa shape index (κ1) is 68.1. The maximum absolute atomic E-state index is 13.3. The summed E-state index contributed by atoms with van der Waals surface area (Å²) < 4.78 is 118. The molecule has 0 spiro atoms. The van der Waals surface area contributed by atoms with Crippen molar-refractivity contribution in [3.05, 3.63) is 77.6 Å². The van der Waals surface area contributed by atoms with Gasteiger partial charge in [0, 0.05) is 183 Å². The largest absolute Gasteiger partial charge is 0.573 e. The zero-order valence-corrected chi connectivity index (χ0v) is 57.8. The fourth-order valence-electron chi connectivity index (χ4n) is 19.5. The van der Waals surface area contributed by atoms with E-state index in [2.05, 4.69) is 127 Å². The van der Waals surface area contributed by atoms with Gasteiger partial charge >= 0.3 is 19.2 Å². The number of hydrogen-bond acceptors (Lipinski definition) is 17. The molecule has 536 valence electrons. The lowest BCUT2D eigenvalue weighted by Crippen LogP contribution is -2.48. The molecule has 99 heavy (non-hydrogen) atoms. The Labute approximate surface area is 572 Å². The molecule has 11 heterocycles. The molecule has 6 N–H and O–H groups in total. The normalized spacial score (nSPS) is 31.9. The Morgan fingerprint density at radius 1 is 0.444 bits per heavy atom. The van der Waals surface area contributed by atoms with Crippen LogP contribution in [-0.2, 0) is 6.18 Å². The molecule has 6 aliphatic carbocycles. The molecular formula is C71H94F8N18O2. The summed E-state index contributed by atoms with van der Waals surface area (Å²) in [4.78, 5) is 27.4. The zero-order valence-electron chi connectivity index (χ0n) is 57.8. The van der Waals surface area contributed by atoms with Crippen LogP contribution < -0.4 is 26.7 Å². The summed E-state index contributed by atoms with van der Waals surface area (Å²) in [5.74, 6) is 4.06. The fourth-order valence-corrected chi connectivity index (χ4v) is 19.5. The number of piperazine rings is 3. The van der Waals surface area contributed by atoms with E-state index in [1.807, 2.05) is 21.5 Å². The average molecular weight is 1380 g/mol. The minimum Gasteiger partial charge on any atom is -0.431 e. The van der Waals surface area contributed by atoms with Gasteiger partial charge in [-0.3, -0.25) is 28.7 Å². The summed E-state index contributed by atoms with van der Waals surface area (Å²) in [7, 11) is 6.68. The number of likely N-dealkylation sites (tertiary alicyclic amines) is 4. The van der Waals surface area contributed by atoms with Crippen molar-refractivity contribution in [1.29, 1.82) is 0 Å². The number of fused-ring (bicyclic) bond motifs is 7. The van der Waals surface area contributed by atoms with Crippen LogP contribution in [0.4, 0.5) is 52.6 Å². The van der Waals surface area contributed by atoms with Gasteiger partial charge in [0.25, 0.3) is 0 Å². The Balaban J connectivity index is 0.000000121. The van der Waals surface area contributed by atoms with E-state index in [-0.39, 0.29) is 35.5 Å². The van der Waals surface area contributed by atoms with Crippen LogP contribution in [0.25, 0.3) is 33.8 Å². The maximum atomic E-state index is 13.3. The molecule has 4 bridgehead atoms. The number of nitrogens with zero attached hydrogens (tertiary/aromatic N) is 15. The molecule has 6 aromatic rings. The molecule has 6 saturated carbocycles. The molecule has 17 rings (SSSR count). The molecule has 28 heteroatoms. The molecule has 11 aliphatic rings. The van der Waals surface area contributed by atoms with E-state index in [1.54, 1.807) is 6.20 Å². The second-order valence-electron chi connectivity index (χ2n) is 31.4. The molecular weight excluding hydrogens is 1290 g/mol. The molecule has 6 aromatic heterocycles. The lowest BCUT2D eigenvalue weighted by atomic mass is 10.0. The molecule has 5 saturated heterocycles. The summed E-state index contributed by atoms with van der Waals surface area (Å²) in [6.07, 6.45) is 5.10. The number of likely N-dealkylation sites (N-methyl/N-ethyl adjacent to an activating group) is 3. The van der Waals surface area contributed by atoms with Crippen molar-refractivity contribution in [1.82, 2.24) is 73.7 Å². The monoisotopic (exact) mass is 1380 g/mol. The summed E-state index contributed by atoms with van der Waals surface area (Å²) in [5, 5.41) is 14.3. The van der Waals surface area contributed by atoms with Crippen LogP contribution in [0.15, 0.2) is 55.0 Å². The maximum Gasteiger partial charge on any atom is 0.573 e. The Kier molecular flexibility index (Phi) is 17.6. The zero-order chi connectivity index (χ0) is 69.7. The van der Waals surface area contributed by atoms with Gasteiger partial charge in [0.15, 0.2) is 23.1 Å². The first-order valence-corrected chi connectivity index (χ1v) is 35.7. The van der Waals surface area contributed by atoms with E-state index in [4.69, 9.17) is 32.5 Å². The third-order valence-electron chi connectivity index (χ3n) is 24.5. The van der Waals surface area contributed by atoms with Gasteiger partial charge in [-0.15, -0.1) is 13.2 Å². The molecule has 11 fully saturated rings. The third kappa shape index (κ3) is 13.1. The Hall–Kier alpha value is -6.72. The number of rotatable bonds is 15. The van der Waals surface area contributed by atoms with E-state index in [0.717, 1.165) is 54.7 Å². The summed E-state index contributed by atoms with van der Waals surface area (Å²) in [6, 6.07) is 15.4. The van der Waals surface area contributed by atoms with Crippen molar-refractivity contribution in [2.45, 2.75) is 190 Å². The van der Waals surface area contributed by atoms with Crippen LogP contribution >= 0.6 is 0 Å². The van der Waals surface area contributed by atoms with Crippen LogP contribution in [0.2, 0.25) is 0 Å². The van der Waals surface area contributed by atoms with Gasteiger partial charge < -0.3 is 41.4 Å². The van der Waals surface area contributed by atoms with Crippen LogP contribution in [0.5, 0.6) is 11.5 Å². The number of pyridine rings is 3. The van der Waals surface area contributed by atoms with Gasteiger partial charge in [-0.1, -0.05) is 0 Å². The number of anilines is 3. The number of hydrogen-bond donors (Lipinski definition) is 3. The van der Waals surface area contributed by atoms with E-state index < -0.39 is 36.3 Å². The molecule has 5 aliphatic heterocycles. The predicted molar refractivity (Wildman–Crippen MR) is 359 cm³/mol. The van der Waals surface area contributed by atoms with E-state index >= 15 is 0 Å². The van der Waals surface area contributed by atoms with E-state index in [0.29, 0.717) is 99.5 Å².